The molecule has 10 heteroatoms. The van der Waals surface area contributed by atoms with Crippen molar-refractivity contribution < 1.29 is 23.8 Å². The molecule has 4 aromatic rings. The minimum Gasteiger partial charge on any atom is -0.496 e. The molecule has 0 aliphatic rings. The fourth-order valence-corrected chi connectivity index (χ4v) is 5.05. The van der Waals surface area contributed by atoms with Gasteiger partial charge in [0.15, 0.2) is 5.78 Å². The molecule has 2 heterocycles. The van der Waals surface area contributed by atoms with Gasteiger partial charge >= 0.3 is 5.97 Å². The van der Waals surface area contributed by atoms with Crippen LogP contribution in [0.4, 0.5) is 17.2 Å². The van der Waals surface area contributed by atoms with Gasteiger partial charge in [-0.3, -0.25) is 4.79 Å². The Balaban J connectivity index is 1.74. The van der Waals surface area contributed by atoms with Crippen LogP contribution in [-0.2, 0) is 16.2 Å². The van der Waals surface area contributed by atoms with Crippen molar-refractivity contribution >= 4 is 48.1 Å². The fourth-order valence-electron chi connectivity index (χ4n) is 4.30. The Hall–Kier alpha value is -4.15. The van der Waals surface area contributed by atoms with Gasteiger partial charge in [0.1, 0.15) is 29.5 Å². The van der Waals surface area contributed by atoms with Gasteiger partial charge in [-0.15, -0.1) is 0 Å². The van der Waals surface area contributed by atoms with Crippen LogP contribution < -0.4 is 15.8 Å². The van der Waals surface area contributed by atoms with Gasteiger partial charge in [0.25, 0.3) is 0 Å². The molecule has 42 heavy (non-hydrogen) atoms. The van der Waals surface area contributed by atoms with E-state index in [1.807, 2.05) is 34.9 Å². The number of pyridine rings is 1. The summed E-state index contributed by atoms with van der Waals surface area (Å²) in [6.07, 6.45) is 1.74. The van der Waals surface area contributed by atoms with Crippen LogP contribution in [0.2, 0.25) is 25.7 Å². The zero-order chi connectivity index (χ0) is 30.7. The molecular weight excluding hydrogens is 548 g/mol. The first kappa shape index (κ1) is 30.8. The second-order valence-electron chi connectivity index (χ2n) is 12.4. The molecular formula is C32H40N4O5Si. The highest BCUT2D eigenvalue weighted by Gasteiger charge is 2.25. The molecule has 0 aliphatic heterocycles. The lowest BCUT2D eigenvalue weighted by Crippen LogP contribution is -2.24. The van der Waals surface area contributed by atoms with E-state index in [1.165, 1.54) is 13.2 Å². The number of benzene rings is 2. The van der Waals surface area contributed by atoms with Crippen LogP contribution in [0.1, 0.15) is 47.1 Å². The molecule has 0 spiro atoms. The van der Waals surface area contributed by atoms with Crippen LogP contribution in [0.25, 0.3) is 11.0 Å². The van der Waals surface area contributed by atoms with Gasteiger partial charge in [-0.2, -0.15) is 0 Å². The number of hydrogen-bond acceptors (Lipinski definition) is 8. The molecule has 2 aromatic heterocycles. The molecule has 4 rings (SSSR count). The van der Waals surface area contributed by atoms with Crippen molar-refractivity contribution in [1.29, 1.82) is 0 Å². The van der Waals surface area contributed by atoms with Gasteiger partial charge in [0.05, 0.1) is 29.6 Å². The normalized spacial score (nSPS) is 11.9. The first-order chi connectivity index (χ1) is 19.8. The molecule has 222 valence electrons. The molecule has 0 saturated heterocycles. The van der Waals surface area contributed by atoms with Gasteiger partial charge < -0.3 is 29.8 Å². The van der Waals surface area contributed by atoms with E-state index < -0.39 is 19.6 Å². The third-order valence-corrected chi connectivity index (χ3v) is 8.20. The van der Waals surface area contributed by atoms with Crippen molar-refractivity contribution in [2.24, 2.45) is 0 Å². The number of carbonyl (C=O) groups is 2. The van der Waals surface area contributed by atoms with E-state index in [4.69, 9.17) is 24.9 Å². The van der Waals surface area contributed by atoms with Crippen LogP contribution in [0.15, 0.2) is 60.8 Å². The number of methoxy groups -OCH3 is 1. The molecule has 0 saturated carbocycles. The third kappa shape index (κ3) is 7.57. The Morgan fingerprint density at radius 2 is 1.76 bits per heavy atom. The van der Waals surface area contributed by atoms with Crippen molar-refractivity contribution in [2.45, 2.75) is 58.8 Å². The zero-order valence-electron chi connectivity index (χ0n) is 25.4. The summed E-state index contributed by atoms with van der Waals surface area (Å²) in [5.74, 6) is 0.101. The van der Waals surface area contributed by atoms with Crippen molar-refractivity contribution in [1.82, 2.24) is 9.55 Å². The molecule has 0 unspecified atom stereocenters. The number of esters is 1. The highest BCUT2D eigenvalue weighted by molar-refractivity contribution is 6.76. The van der Waals surface area contributed by atoms with Crippen LogP contribution in [0.3, 0.4) is 0 Å². The lowest BCUT2D eigenvalue weighted by molar-refractivity contribution is 0.00694. The summed E-state index contributed by atoms with van der Waals surface area (Å²) in [4.78, 5) is 31.7. The molecule has 0 fully saturated rings. The molecule has 0 atom stereocenters. The predicted molar refractivity (Wildman–Crippen MR) is 170 cm³/mol. The third-order valence-electron chi connectivity index (χ3n) is 6.50. The number of fused-ring (bicyclic) bond motifs is 1. The van der Waals surface area contributed by atoms with Crippen molar-refractivity contribution in [3.05, 3.63) is 77.5 Å². The Bertz CT molecular complexity index is 1600. The first-order valence-electron chi connectivity index (χ1n) is 13.9. The summed E-state index contributed by atoms with van der Waals surface area (Å²) in [7, 11) is 0.208. The topological polar surface area (TPSA) is 118 Å². The Morgan fingerprint density at radius 3 is 2.43 bits per heavy atom. The summed E-state index contributed by atoms with van der Waals surface area (Å²) < 4.78 is 18.9. The van der Waals surface area contributed by atoms with Crippen molar-refractivity contribution in [2.75, 3.05) is 24.8 Å². The van der Waals surface area contributed by atoms with E-state index in [2.05, 4.69) is 25.0 Å². The summed E-state index contributed by atoms with van der Waals surface area (Å²) in [6, 6.07) is 16.8. The largest absolute Gasteiger partial charge is 0.496 e. The number of nitrogens with two attached hydrogens (primary N) is 1. The number of para-hydroxylation sites is 2. The minimum atomic E-state index is -1.28. The van der Waals surface area contributed by atoms with Gasteiger partial charge in [0.2, 0.25) is 0 Å². The van der Waals surface area contributed by atoms with E-state index in [1.54, 1.807) is 45.2 Å². The molecule has 2 aromatic carbocycles. The molecule has 0 aliphatic carbocycles. The summed E-state index contributed by atoms with van der Waals surface area (Å²) in [5.41, 5.74) is 8.28. The summed E-state index contributed by atoms with van der Waals surface area (Å²) in [5, 5.41) is 3.91. The van der Waals surface area contributed by atoms with Crippen LogP contribution >= 0.6 is 0 Å². The Labute approximate surface area is 248 Å². The van der Waals surface area contributed by atoms with Crippen molar-refractivity contribution in [3.63, 3.8) is 0 Å². The van der Waals surface area contributed by atoms with E-state index in [0.717, 1.165) is 11.7 Å². The number of rotatable bonds is 11. The molecule has 9 nitrogen and oxygen atoms in total. The molecule has 0 amide bonds. The Morgan fingerprint density at radius 1 is 1.02 bits per heavy atom. The lowest BCUT2D eigenvalue weighted by Gasteiger charge is -2.20. The maximum absolute atomic E-state index is 14.1. The second-order valence-corrected chi connectivity index (χ2v) is 18.0. The van der Waals surface area contributed by atoms with Crippen LogP contribution in [-0.4, -0.2) is 48.7 Å². The molecule has 0 radical (unpaired) electrons. The quantitative estimate of drug-likeness (QED) is 0.0641. The van der Waals surface area contributed by atoms with Crippen LogP contribution in [0.5, 0.6) is 5.75 Å². The van der Waals surface area contributed by atoms with Gasteiger partial charge in [-0.25, -0.2) is 9.78 Å². The zero-order valence-corrected chi connectivity index (χ0v) is 26.4. The standard InChI is InChI=1S/C32H40N4O5Si/c1-32(2,3)41-31(38)21-12-14-27(39-4)23(18-21)29(37)24-19-36(20-40-16-17-42(5,6)7)30-22(24)13-15-28(35-30)34-26-11-9-8-10-25(26)33/h8-15,18-19H,16-17,20,33H2,1-7H3,(H,34,35). The van der Waals surface area contributed by atoms with E-state index in [0.29, 0.717) is 40.5 Å². The number of aromatic nitrogens is 2. The average molecular weight is 589 g/mol. The number of carbonyl (C=O) groups excluding carboxylic acids is 2. The first-order valence-corrected chi connectivity index (χ1v) is 17.6. The highest BCUT2D eigenvalue weighted by Crippen LogP contribution is 2.30. The number of nitrogen functional groups attached to an aromatic ring is 1. The predicted octanol–water partition coefficient (Wildman–Crippen LogP) is 6.87. The second kappa shape index (κ2) is 12.4. The highest BCUT2D eigenvalue weighted by atomic mass is 28.3. The fraction of sp³-hybridized carbons (Fsp3) is 0.344. The average Bonchev–Trinajstić information content (AvgIpc) is 3.28. The number of nitrogens with zero attached hydrogens (tertiary/aromatic N) is 2. The van der Waals surface area contributed by atoms with Gasteiger partial charge in [0, 0.05) is 31.8 Å². The molecule has 0 bridgehead atoms. The van der Waals surface area contributed by atoms with E-state index >= 15 is 0 Å². The van der Waals surface area contributed by atoms with E-state index in [-0.39, 0.29) is 23.6 Å². The van der Waals surface area contributed by atoms with E-state index in [9.17, 15) is 9.59 Å². The summed E-state index contributed by atoms with van der Waals surface area (Å²) >= 11 is 0. The maximum atomic E-state index is 14.1. The smallest absolute Gasteiger partial charge is 0.338 e. The SMILES string of the molecule is COc1ccc(C(=O)OC(C)(C)C)cc1C(=O)c1cn(COCC[Si](C)(C)C)c2nc(Nc3ccccc3N)ccc12. The maximum Gasteiger partial charge on any atom is 0.338 e. The van der Waals surface area contributed by atoms with Gasteiger partial charge in [-0.05, 0) is 69.3 Å². The summed E-state index contributed by atoms with van der Waals surface area (Å²) in [6.45, 7) is 13.1. The van der Waals surface area contributed by atoms with Gasteiger partial charge in [-0.1, -0.05) is 31.8 Å². The number of nitrogens with one attached hydrogen (secondary N) is 1. The minimum absolute atomic E-state index is 0.229. The number of hydrogen-bond donors (Lipinski definition) is 2. The Kier molecular flexibility index (Phi) is 9.08. The molecule has 3 N–H and O–H groups in total. The monoisotopic (exact) mass is 588 g/mol. The lowest BCUT2D eigenvalue weighted by atomic mass is 10.00. The number of anilines is 3. The van der Waals surface area contributed by atoms with Crippen molar-refractivity contribution in [3.8, 4) is 5.75 Å². The number of ketones is 1. The number of ether oxygens (including phenoxy) is 3. The van der Waals surface area contributed by atoms with Crippen LogP contribution in [0, 0.1) is 0 Å².